The van der Waals surface area contributed by atoms with E-state index in [0.717, 1.165) is 6.26 Å². The highest BCUT2D eigenvalue weighted by atomic mass is 32.2. The number of nitrogens with one attached hydrogen (secondary N) is 2. The summed E-state index contributed by atoms with van der Waals surface area (Å²) in [5.41, 5.74) is 0.621. The summed E-state index contributed by atoms with van der Waals surface area (Å²) in [5, 5.41) is 5.56. The zero-order chi connectivity index (χ0) is 16.4. The summed E-state index contributed by atoms with van der Waals surface area (Å²) in [6.45, 7) is 0. The number of urea groups is 1. The molecule has 0 atom stereocenters. The molecule has 2 N–H and O–H groups in total. The van der Waals surface area contributed by atoms with Crippen molar-refractivity contribution in [2.75, 3.05) is 16.9 Å². The van der Waals surface area contributed by atoms with Gasteiger partial charge in [-0.1, -0.05) is 17.4 Å². The molecule has 0 unspecified atom stereocenters. The molecule has 2 aromatic heterocycles. The summed E-state index contributed by atoms with van der Waals surface area (Å²) in [4.78, 5) is 20.3. The van der Waals surface area contributed by atoms with Crippen LogP contribution in [0.1, 0.15) is 0 Å². The summed E-state index contributed by atoms with van der Waals surface area (Å²) >= 11 is 1.20. The van der Waals surface area contributed by atoms with Crippen LogP contribution in [0, 0.1) is 0 Å². The lowest BCUT2D eigenvalue weighted by molar-refractivity contribution is 0.262. The van der Waals surface area contributed by atoms with Crippen LogP contribution in [0.25, 0.3) is 10.2 Å². The second-order valence-electron chi connectivity index (χ2n) is 4.71. The molecule has 3 aromatic rings. The van der Waals surface area contributed by atoms with Crippen molar-refractivity contribution >= 4 is 48.4 Å². The molecule has 118 valence electrons. The summed E-state index contributed by atoms with van der Waals surface area (Å²) in [5.74, 6) is 0.422. The van der Waals surface area contributed by atoms with Crippen molar-refractivity contribution in [3.8, 4) is 0 Å². The van der Waals surface area contributed by atoms with Gasteiger partial charge in [0.05, 0.1) is 15.1 Å². The molecule has 0 aliphatic heterocycles. The van der Waals surface area contributed by atoms with E-state index in [0.29, 0.717) is 21.2 Å². The van der Waals surface area contributed by atoms with Crippen LogP contribution >= 0.6 is 11.3 Å². The first kappa shape index (κ1) is 15.4. The molecular formula is C14H12N4O3S2. The number of fused-ring (bicyclic) bond motifs is 1. The Balaban J connectivity index is 1.79. The number of amides is 2. The molecule has 7 nitrogen and oxygen atoms in total. The molecule has 1 aromatic carbocycles. The van der Waals surface area contributed by atoms with Crippen LogP contribution in [0.3, 0.4) is 0 Å². The van der Waals surface area contributed by atoms with Crippen LogP contribution in [0.4, 0.5) is 15.7 Å². The predicted octanol–water partition coefficient (Wildman–Crippen LogP) is 2.74. The Bertz CT molecular complexity index is 968. The number of pyridine rings is 1. The minimum absolute atomic E-state index is 0.220. The van der Waals surface area contributed by atoms with Gasteiger partial charge < -0.3 is 0 Å². The van der Waals surface area contributed by atoms with Crippen molar-refractivity contribution in [3.05, 3.63) is 42.6 Å². The largest absolute Gasteiger partial charge is 0.326 e. The van der Waals surface area contributed by atoms with Gasteiger partial charge in [-0.05, 0) is 30.3 Å². The Labute approximate surface area is 136 Å². The third kappa shape index (κ3) is 3.63. The Kier molecular flexibility index (Phi) is 3.97. The third-order valence-corrected chi connectivity index (χ3v) is 4.96. The normalized spacial score (nSPS) is 11.3. The highest BCUT2D eigenvalue weighted by Crippen LogP contribution is 2.28. The summed E-state index contributed by atoms with van der Waals surface area (Å²) in [6.07, 6.45) is 2.72. The van der Waals surface area contributed by atoms with Gasteiger partial charge in [-0.25, -0.2) is 23.2 Å². The fraction of sp³-hybridized carbons (Fsp3) is 0.0714. The molecule has 0 saturated carbocycles. The van der Waals surface area contributed by atoms with Gasteiger partial charge in [-0.3, -0.25) is 10.6 Å². The molecule has 3 rings (SSSR count). The van der Waals surface area contributed by atoms with E-state index >= 15 is 0 Å². The van der Waals surface area contributed by atoms with Gasteiger partial charge in [0.15, 0.2) is 15.0 Å². The summed E-state index contributed by atoms with van der Waals surface area (Å²) in [7, 11) is -3.28. The number of anilines is 2. The van der Waals surface area contributed by atoms with E-state index in [1.54, 1.807) is 36.5 Å². The lowest BCUT2D eigenvalue weighted by atomic mass is 10.3. The zero-order valence-electron chi connectivity index (χ0n) is 12.0. The van der Waals surface area contributed by atoms with Gasteiger partial charge in [-0.2, -0.15) is 0 Å². The van der Waals surface area contributed by atoms with Crippen molar-refractivity contribution in [1.29, 1.82) is 0 Å². The Morgan fingerprint density at radius 2 is 2.00 bits per heavy atom. The van der Waals surface area contributed by atoms with Crippen molar-refractivity contribution in [2.24, 2.45) is 0 Å². The number of aromatic nitrogens is 2. The fourth-order valence-corrected chi connectivity index (χ4v) is 3.49. The van der Waals surface area contributed by atoms with Gasteiger partial charge in [0.2, 0.25) is 0 Å². The van der Waals surface area contributed by atoms with Crippen LogP contribution < -0.4 is 10.6 Å². The highest BCUT2D eigenvalue weighted by molar-refractivity contribution is 7.90. The lowest BCUT2D eigenvalue weighted by Crippen LogP contribution is -2.19. The topological polar surface area (TPSA) is 101 Å². The standard InChI is InChI=1S/C14H12N4O3S2/c1-23(20,21)9-5-6-10-11(8-9)22-14(16-10)18-13(19)17-12-4-2-3-7-15-12/h2-8H,1H3,(H2,15,16,17,18,19). The molecule has 23 heavy (non-hydrogen) atoms. The second-order valence-corrected chi connectivity index (χ2v) is 7.76. The van der Waals surface area contributed by atoms with E-state index < -0.39 is 15.9 Å². The number of thiazole rings is 1. The number of hydrogen-bond donors (Lipinski definition) is 2. The van der Waals surface area contributed by atoms with Crippen LogP contribution in [-0.4, -0.2) is 30.7 Å². The molecule has 0 aliphatic rings. The molecule has 0 radical (unpaired) electrons. The number of benzene rings is 1. The van der Waals surface area contributed by atoms with E-state index in [1.165, 1.54) is 17.4 Å². The number of hydrogen-bond acceptors (Lipinski definition) is 6. The van der Waals surface area contributed by atoms with Crippen LogP contribution in [-0.2, 0) is 9.84 Å². The molecule has 0 saturated heterocycles. The monoisotopic (exact) mass is 348 g/mol. The van der Waals surface area contributed by atoms with Gasteiger partial charge in [0, 0.05) is 12.5 Å². The van der Waals surface area contributed by atoms with Crippen molar-refractivity contribution in [2.45, 2.75) is 4.90 Å². The van der Waals surface area contributed by atoms with E-state index in [1.807, 2.05) is 0 Å². The van der Waals surface area contributed by atoms with Gasteiger partial charge in [0.1, 0.15) is 5.82 Å². The number of carbonyl (C=O) groups is 1. The van der Waals surface area contributed by atoms with Crippen molar-refractivity contribution in [1.82, 2.24) is 9.97 Å². The second kappa shape index (κ2) is 5.94. The molecule has 2 heterocycles. The molecule has 0 bridgehead atoms. The number of carbonyl (C=O) groups excluding carboxylic acids is 1. The van der Waals surface area contributed by atoms with Gasteiger partial charge in [0.25, 0.3) is 0 Å². The van der Waals surface area contributed by atoms with Crippen molar-refractivity contribution < 1.29 is 13.2 Å². The lowest BCUT2D eigenvalue weighted by Gasteiger charge is -2.03. The number of sulfone groups is 1. The Hall–Kier alpha value is -2.52. The summed E-state index contributed by atoms with van der Waals surface area (Å²) in [6, 6.07) is 9.36. The van der Waals surface area contributed by atoms with Gasteiger partial charge in [-0.15, -0.1) is 0 Å². The fourth-order valence-electron chi connectivity index (χ4n) is 1.87. The maximum Gasteiger partial charge on any atom is 0.326 e. The Morgan fingerprint density at radius 1 is 1.17 bits per heavy atom. The molecule has 0 aliphatic carbocycles. The van der Waals surface area contributed by atoms with Gasteiger partial charge >= 0.3 is 6.03 Å². The first-order valence-corrected chi connectivity index (χ1v) is 9.22. The average molecular weight is 348 g/mol. The molecule has 2 amide bonds. The maximum atomic E-state index is 11.9. The van der Waals surface area contributed by atoms with E-state index in [-0.39, 0.29) is 4.90 Å². The number of rotatable bonds is 3. The maximum absolute atomic E-state index is 11.9. The minimum Gasteiger partial charge on any atom is -0.292 e. The predicted molar refractivity (Wildman–Crippen MR) is 89.6 cm³/mol. The third-order valence-electron chi connectivity index (χ3n) is 2.92. The van der Waals surface area contributed by atoms with Crippen LogP contribution in [0.5, 0.6) is 0 Å². The Morgan fingerprint density at radius 3 is 2.70 bits per heavy atom. The molecular weight excluding hydrogens is 336 g/mol. The first-order chi connectivity index (χ1) is 10.9. The SMILES string of the molecule is CS(=O)(=O)c1ccc2nc(NC(=O)Nc3ccccn3)sc2c1. The van der Waals surface area contributed by atoms with Crippen LogP contribution in [0.15, 0.2) is 47.5 Å². The van der Waals surface area contributed by atoms with E-state index in [4.69, 9.17) is 0 Å². The molecule has 9 heteroatoms. The first-order valence-electron chi connectivity index (χ1n) is 6.51. The van der Waals surface area contributed by atoms with E-state index in [2.05, 4.69) is 20.6 Å². The molecule has 0 fully saturated rings. The average Bonchev–Trinajstić information content (AvgIpc) is 2.88. The minimum atomic E-state index is -3.28. The van der Waals surface area contributed by atoms with Crippen LogP contribution in [0.2, 0.25) is 0 Å². The smallest absolute Gasteiger partial charge is 0.292 e. The zero-order valence-corrected chi connectivity index (χ0v) is 13.6. The number of nitrogens with zero attached hydrogens (tertiary/aromatic N) is 2. The van der Waals surface area contributed by atoms with E-state index in [9.17, 15) is 13.2 Å². The summed E-state index contributed by atoms with van der Waals surface area (Å²) < 4.78 is 23.8. The quantitative estimate of drug-likeness (QED) is 0.758. The highest BCUT2D eigenvalue weighted by Gasteiger charge is 2.12. The van der Waals surface area contributed by atoms with Crippen molar-refractivity contribution in [3.63, 3.8) is 0 Å². The molecule has 0 spiro atoms.